The highest BCUT2D eigenvalue weighted by atomic mass is 79.9. The van der Waals surface area contributed by atoms with Crippen molar-refractivity contribution in [3.8, 4) is 0 Å². The van der Waals surface area contributed by atoms with Crippen LogP contribution in [0.5, 0.6) is 0 Å². The zero-order chi connectivity index (χ0) is 13.5. The quantitative estimate of drug-likeness (QED) is 0.844. The number of carbonyl (C=O) groups excluding carboxylic acids is 1. The van der Waals surface area contributed by atoms with Gasteiger partial charge in [0, 0.05) is 18.1 Å². The van der Waals surface area contributed by atoms with Gasteiger partial charge in [-0.1, -0.05) is 28.1 Å². The summed E-state index contributed by atoms with van der Waals surface area (Å²) in [5.74, 6) is -0.0558. The fraction of sp³-hybridized carbons (Fsp3) is 0.462. The van der Waals surface area contributed by atoms with Gasteiger partial charge in [-0.25, -0.2) is 0 Å². The summed E-state index contributed by atoms with van der Waals surface area (Å²) in [6.07, 6.45) is 0.0606. The van der Waals surface area contributed by atoms with Crippen LogP contribution in [0.1, 0.15) is 24.9 Å². The number of halogens is 1. The molecule has 1 amide bonds. The van der Waals surface area contributed by atoms with E-state index in [0.717, 1.165) is 10.0 Å². The Morgan fingerprint density at radius 1 is 1.56 bits per heavy atom. The molecule has 0 saturated heterocycles. The van der Waals surface area contributed by atoms with Crippen LogP contribution in [0.4, 0.5) is 0 Å². The Hall–Kier alpha value is -0.910. The maximum absolute atomic E-state index is 11.8. The van der Waals surface area contributed by atoms with Crippen molar-refractivity contribution in [3.63, 3.8) is 0 Å². The van der Waals surface area contributed by atoms with Gasteiger partial charge < -0.3 is 15.8 Å². The third kappa shape index (κ3) is 4.76. The molecule has 2 atom stereocenters. The molecular weight excluding hydrogens is 296 g/mol. The Morgan fingerprint density at radius 2 is 2.28 bits per heavy atom. The first-order valence-corrected chi connectivity index (χ1v) is 6.63. The van der Waals surface area contributed by atoms with Crippen molar-refractivity contribution in [2.24, 2.45) is 5.73 Å². The Labute approximate surface area is 116 Å². The zero-order valence-corrected chi connectivity index (χ0v) is 12.2. The van der Waals surface area contributed by atoms with E-state index in [4.69, 9.17) is 10.5 Å². The van der Waals surface area contributed by atoms with Crippen LogP contribution in [0.3, 0.4) is 0 Å². The minimum absolute atomic E-state index is 0.0368. The fourth-order valence-electron chi connectivity index (χ4n) is 1.63. The van der Waals surface area contributed by atoms with Crippen molar-refractivity contribution in [2.45, 2.75) is 25.5 Å². The highest BCUT2D eigenvalue weighted by Gasteiger charge is 2.14. The highest BCUT2D eigenvalue weighted by Crippen LogP contribution is 2.17. The van der Waals surface area contributed by atoms with Crippen molar-refractivity contribution >= 4 is 21.8 Å². The van der Waals surface area contributed by atoms with Gasteiger partial charge in [0.1, 0.15) is 0 Å². The molecule has 0 aromatic heterocycles. The van der Waals surface area contributed by atoms with E-state index in [1.807, 2.05) is 31.2 Å². The minimum Gasteiger partial charge on any atom is -0.380 e. The van der Waals surface area contributed by atoms with E-state index in [-0.39, 0.29) is 24.5 Å². The first-order valence-electron chi connectivity index (χ1n) is 5.84. The van der Waals surface area contributed by atoms with Crippen LogP contribution in [-0.4, -0.2) is 25.7 Å². The molecule has 0 aliphatic heterocycles. The highest BCUT2D eigenvalue weighted by molar-refractivity contribution is 9.10. The maximum Gasteiger partial charge on any atom is 0.223 e. The van der Waals surface area contributed by atoms with E-state index in [2.05, 4.69) is 21.2 Å². The third-order valence-electron chi connectivity index (χ3n) is 2.74. The van der Waals surface area contributed by atoms with Gasteiger partial charge >= 0.3 is 0 Å². The van der Waals surface area contributed by atoms with Crippen LogP contribution in [0, 0.1) is 0 Å². The van der Waals surface area contributed by atoms with Crippen LogP contribution in [0.15, 0.2) is 28.7 Å². The Bertz CT molecular complexity index is 394. The van der Waals surface area contributed by atoms with Crippen molar-refractivity contribution in [1.82, 2.24) is 5.32 Å². The summed E-state index contributed by atoms with van der Waals surface area (Å²) in [6, 6.07) is 7.83. The van der Waals surface area contributed by atoms with Crippen LogP contribution in [0.25, 0.3) is 0 Å². The monoisotopic (exact) mass is 314 g/mol. The van der Waals surface area contributed by atoms with Crippen molar-refractivity contribution < 1.29 is 9.53 Å². The minimum atomic E-state index is -0.222. The molecule has 4 nitrogen and oxygen atoms in total. The van der Waals surface area contributed by atoms with Gasteiger partial charge in [0.25, 0.3) is 0 Å². The summed E-state index contributed by atoms with van der Waals surface area (Å²) in [5, 5.41) is 2.93. The standard InChI is InChI=1S/C13H19BrN2O2/c1-9(10-4-3-5-11(14)6-10)16-13(17)7-12(8-15)18-2/h3-6,9,12H,7-8,15H2,1-2H3,(H,16,17). The molecule has 0 aliphatic rings. The van der Waals surface area contributed by atoms with E-state index >= 15 is 0 Å². The molecule has 18 heavy (non-hydrogen) atoms. The molecule has 0 aliphatic carbocycles. The summed E-state index contributed by atoms with van der Waals surface area (Å²) in [4.78, 5) is 11.8. The lowest BCUT2D eigenvalue weighted by atomic mass is 10.1. The second-order valence-electron chi connectivity index (χ2n) is 4.14. The predicted molar refractivity (Wildman–Crippen MR) is 75.2 cm³/mol. The lowest BCUT2D eigenvalue weighted by molar-refractivity contribution is -0.124. The number of hydrogen-bond acceptors (Lipinski definition) is 3. The summed E-state index contributed by atoms with van der Waals surface area (Å²) in [7, 11) is 1.56. The molecule has 1 aromatic rings. The first-order chi connectivity index (χ1) is 8.56. The molecule has 5 heteroatoms. The second-order valence-corrected chi connectivity index (χ2v) is 5.06. The van der Waals surface area contributed by atoms with Crippen LogP contribution >= 0.6 is 15.9 Å². The number of nitrogens with two attached hydrogens (primary N) is 1. The molecule has 0 radical (unpaired) electrons. The Morgan fingerprint density at radius 3 is 2.83 bits per heavy atom. The largest absolute Gasteiger partial charge is 0.380 e. The van der Waals surface area contributed by atoms with Crippen LogP contribution in [-0.2, 0) is 9.53 Å². The molecule has 0 fully saturated rings. The molecule has 100 valence electrons. The SMILES string of the molecule is COC(CN)CC(=O)NC(C)c1cccc(Br)c1. The smallest absolute Gasteiger partial charge is 0.223 e. The molecule has 2 unspecified atom stereocenters. The summed E-state index contributed by atoms with van der Waals surface area (Å²) >= 11 is 3.41. The van der Waals surface area contributed by atoms with Crippen molar-refractivity contribution in [3.05, 3.63) is 34.3 Å². The maximum atomic E-state index is 11.8. The molecule has 1 rings (SSSR count). The van der Waals surface area contributed by atoms with E-state index in [1.165, 1.54) is 0 Å². The molecule has 3 N–H and O–H groups in total. The molecule has 0 spiro atoms. The average molecular weight is 315 g/mol. The lowest BCUT2D eigenvalue weighted by Gasteiger charge is -2.17. The molecule has 0 saturated carbocycles. The van der Waals surface area contributed by atoms with E-state index in [0.29, 0.717) is 6.54 Å². The fourth-order valence-corrected chi connectivity index (χ4v) is 2.05. The molecule has 0 bridgehead atoms. The number of benzene rings is 1. The molecule has 0 heterocycles. The van der Waals surface area contributed by atoms with Crippen molar-refractivity contribution in [2.75, 3.05) is 13.7 Å². The number of rotatable bonds is 6. The Balaban J connectivity index is 2.54. The van der Waals surface area contributed by atoms with Gasteiger partial charge in [-0.15, -0.1) is 0 Å². The number of hydrogen-bond donors (Lipinski definition) is 2. The van der Waals surface area contributed by atoms with Gasteiger partial charge in [-0.2, -0.15) is 0 Å². The van der Waals surface area contributed by atoms with Gasteiger partial charge in [-0.05, 0) is 24.6 Å². The predicted octanol–water partition coefficient (Wildman–Crippen LogP) is 1.99. The van der Waals surface area contributed by atoms with Crippen LogP contribution < -0.4 is 11.1 Å². The molecule has 1 aromatic carbocycles. The average Bonchev–Trinajstić information content (AvgIpc) is 2.35. The zero-order valence-electron chi connectivity index (χ0n) is 10.7. The van der Waals surface area contributed by atoms with E-state index in [9.17, 15) is 4.79 Å². The van der Waals surface area contributed by atoms with Crippen LogP contribution in [0.2, 0.25) is 0 Å². The van der Waals surface area contributed by atoms with E-state index < -0.39 is 0 Å². The van der Waals surface area contributed by atoms with Gasteiger partial charge in [0.05, 0.1) is 18.6 Å². The summed E-state index contributed by atoms with van der Waals surface area (Å²) in [6.45, 7) is 2.29. The number of methoxy groups -OCH3 is 1. The van der Waals surface area contributed by atoms with Gasteiger partial charge in [0.2, 0.25) is 5.91 Å². The van der Waals surface area contributed by atoms with Gasteiger partial charge in [-0.3, -0.25) is 4.79 Å². The number of nitrogens with one attached hydrogen (secondary N) is 1. The van der Waals surface area contributed by atoms with Crippen molar-refractivity contribution in [1.29, 1.82) is 0 Å². The van der Waals surface area contributed by atoms with Gasteiger partial charge in [0.15, 0.2) is 0 Å². The number of ether oxygens (including phenoxy) is 1. The normalized spacial score (nSPS) is 14.0. The topological polar surface area (TPSA) is 64.3 Å². The summed E-state index contributed by atoms with van der Waals surface area (Å²) in [5.41, 5.74) is 6.54. The number of amides is 1. The van der Waals surface area contributed by atoms with E-state index in [1.54, 1.807) is 7.11 Å². The Kier molecular flexibility index (Phi) is 6.32. The second kappa shape index (κ2) is 7.51. The number of carbonyl (C=O) groups is 1. The molecular formula is C13H19BrN2O2. The summed E-state index contributed by atoms with van der Waals surface area (Å²) < 4.78 is 6.08. The third-order valence-corrected chi connectivity index (χ3v) is 3.23. The lowest BCUT2D eigenvalue weighted by Crippen LogP contribution is -2.33. The first kappa shape index (κ1) is 15.1.